The van der Waals surface area contributed by atoms with Crippen molar-refractivity contribution in [3.8, 4) is 0 Å². The van der Waals surface area contributed by atoms with Crippen molar-refractivity contribution in [1.82, 2.24) is 5.32 Å². The van der Waals surface area contributed by atoms with Crippen LogP contribution in [0.15, 0.2) is 41.3 Å². The molecule has 3 fully saturated rings. The number of benzene rings is 2. The summed E-state index contributed by atoms with van der Waals surface area (Å²) in [5.41, 5.74) is -1.28. The fourth-order valence-corrected chi connectivity index (χ4v) is 8.95. The van der Waals surface area contributed by atoms with E-state index in [4.69, 9.17) is 11.6 Å². The van der Waals surface area contributed by atoms with Gasteiger partial charge in [-0.2, -0.15) is 0 Å². The SMILES string of the molecule is C[C@H]1CC2C[C@@H](S(=O)(=O)c3cc(C(=O)Nc4ccc(F)c(F)c4)ccc3Cl)C[C@H]1[C@@]2(O)CNC(=O)C1CC(O)C1. The monoisotopic (exact) mass is 596 g/mol. The molecule has 1 unspecified atom stereocenters. The molecule has 5 rings (SSSR count). The number of fused-ring (bicyclic) bond motifs is 2. The Hall–Kier alpha value is -2.60. The average Bonchev–Trinajstić information content (AvgIpc) is 3.00. The Morgan fingerprint density at radius 1 is 1.05 bits per heavy atom. The van der Waals surface area contributed by atoms with E-state index in [2.05, 4.69) is 10.6 Å². The van der Waals surface area contributed by atoms with E-state index in [1.54, 1.807) is 0 Å². The summed E-state index contributed by atoms with van der Waals surface area (Å²) in [6.45, 7) is 1.98. The summed E-state index contributed by atoms with van der Waals surface area (Å²) < 4.78 is 54.4. The summed E-state index contributed by atoms with van der Waals surface area (Å²) in [7, 11) is -4.03. The molecule has 2 amide bonds. The van der Waals surface area contributed by atoms with Crippen LogP contribution in [-0.4, -0.2) is 53.9 Å². The van der Waals surface area contributed by atoms with Crippen LogP contribution in [0, 0.1) is 35.3 Å². The van der Waals surface area contributed by atoms with Gasteiger partial charge in [0.1, 0.15) is 0 Å². The number of carbonyl (C=O) groups is 2. The number of amides is 2. The minimum Gasteiger partial charge on any atom is -0.393 e. The summed E-state index contributed by atoms with van der Waals surface area (Å²) in [6, 6.07) is 6.68. The van der Waals surface area contributed by atoms with Gasteiger partial charge in [-0.1, -0.05) is 18.5 Å². The van der Waals surface area contributed by atoms with E-state index >= 15 is 0 Å². The predicted molar refractivity (Wildman–Crippen MR) is 143 cm³/mol. The zero-order valence-corrected chi connectivity index (χ0v) is 23.3. The number of anilines is 1. The number of rotatable bonds is 7. The highest BCUT2D eigenvalue weighted by Gasteiger charge is 2.58. The molecule has 3 aliphatic carbocycles. The second-order valence-electron chi connectivity index (χ2n) is 11.4. The van der Waals surface area contributed by atoms with Gasteiger partial charge in [0, 0.05) is 29.8 Å². The lowest BCUT2D eigenvalue weighted by atomic mass is 9.73. The van der Waals surface area contributed by atoms with Crippen molar-refractivity contribution in [3.05, 3.63) is 58.6 Å². The van der Waals surface area contributed by atoms with Crippen LogP contribution in [0.2, 0.25) is 5.02 Å². The van der Waals surface area contributed by atoms with Gasteiger partial charge in [-0.15, -0.1) is 0 Å². The minimum absolute atomic E-state index is 0.000893. The highest BCUT2D eigenvalue weighted by molar-refractivity contribution is 7.92. The van der Waals surface area contributed by atoms with Crippen molar-refractivity contribution in [1.29, 1.82) is 0 Å². The molecule has 40 heavy (non-hydrogen) atoms. The van der Waals surface area contributed by atoms with E-state index < -0.39 is 44.3 Å². The van der Waals surface area contributed by atoms with E-state index in [-0.39, 0.29) is 70.1 Å². The standard InChI is InChI=1S/C28H31ClF2N2O6S/c1-14-6-17-10-20(12-21(14)28(17,37)13-32-26(35)16-7-19(34)8-16)40(38,39)25-9-15(2-4-22(25)29)27(36)33-18-3-5-23(30)24(31)11-18/h2-5,9,11,14,16-17,19-21,34,37H,6-8,10,12-13H2,1H3,(H,32,35)(H,33,36)/t14-,16?,17?,19?,20+,21+,28+/m0/s1. The van der Waals surface area contributed by atoms with Gasteiger partial charge in [-0.25, -0.2) is 17.2 Å². The second kappa shape index (κ2) is 10.7. The van der Waals surface area contributed by atoms with E-state index in [9.17, 15) is 37.0 Å². The number of hydrogen-bond acceptors (Lipinski definition) is 6. The molecule has 3 aliphatic rings. The molecule has 0 heterocycles. The maximum atomic E-state index is 13.8. The molecule has 0 saturated heterocycles. The van der Waals surface area contributed by atoms with Crippen LogP contribution in [0.5, 0.6) is 0 Å². The molecule has 3 saturated carbocycles. The van der Waals surface area contributed by atoms with Gasteiger partial charge in [0.2, 0.25) is 5.91 Å². The van der Waals surface area contributed by atoms with Crippen molar-refractivity contribution in [3.63, 3.8) is 0 Å². The van der Waals surface area contributed by atoms with Crippen LogP contribution in [0.1, 0.15) is 49.4 Å². The Morgan fingerprint density at radius 2 is 1.77 bits per heavy atom. The van der Waals surface area contributed by atoms with E-state index in [0.717, 1.165) is 12.1 Å². The lowest BCUT2D eigenvalue weighted by Gasteiger charge is -2.43. The van der Waals surface area contributed by atoms with Gasteiger partial charge in [0.15, 0.2) is 21.5 Å². The first kappa shape index (κ1) is 28.9. The maximum absolute atomic E-state index is 13.8. The van der Waals surface area contributed by atoms with Gasteiger partial charge in [0.05, 0.1) is 26.9 Å². The minimum atomic E-state index is -4.03. The molecule has 4 N–H and O–H groups in total. The molecule has 8 nitrogen and oxygen atoms in total. The third kappa shape index (κ3) is 5.24. The molecule has 2 bridgehead atoms. The topological polar surface area (TPSA) is 133 Å². The van der Waals surface area contributed by atoms with Gasteiger partial charge in [-0.05, 0) is 80.2 Å². The van der Waals surface area contributed by atoms with Gasteiger partial charge in [0.25, 0.3) is 5.91 Å². The second-order valence-corrected chi connectivity index (χ2v) is 14.0. The van der Waals surface area contributed by atoms with Crippen LogP contribution >= 0.6 is 11.6 Å². The van der Waals surface area contributed by atoms with Crippen LogP contribution in [0.25, 0.3) is 0 Å². The molecule has 5 atom stereocenters. The molecular formula is C28H31ClF2N2O6S. The first-order valence-electron chi connectivity index (χ1n) is 13.3. The smallest absolute Gasteiger partial charge is 0.255 e. The molecule has 2 aromatic rings. The summed E-state index contributed by atoms with van der Waals surface area (Å²) >= 11 is 6.30. The molecule has 0 radical (unpaired) electrons. The highest BCUT2D eigenvalue weighted by atomic mass is 35.5. The van der Waals surface area contributed by atoms with Crippen LogP contribution in [-0.2, 0) is 14.6 Å². The van der Waals surface area contributed by atoms with Crippen molar-refractivity contribution in [2.45, 2.75) is 60.9 Å². The number of sulfone groups is 1. The maximum Gasteiger partial charge on any atom is 0.255 e. The quantitative estimate of drug-likeness (QED) is 0.385. The number of hydrogen-bond donors (Lipinski definition) is 4. The summed E-state index contributed by atoms with van der Waals surface area (Å²) in [4.78, 5) is 25.0. The largest absolute Gasteiger partial charge is 0.393 e. The first-order valence-corrected chi connectivity index (χ1v) is 15.2. The Bertz CT molecular complexity index is 1450. The highest BCUT2D eigenvalue weighted by Crippen LogP contribution is 2.54. The van der Waals surface area contributed by atoms with E-state index in [1.807, 2.05) is 6.92 Å². The third-order valence-corrected chi connectivity index (χ3v) is 11.6. The molecule has 0 aliphatic heterocycles. The lowest BCUT2D eigenvalue weighted by Crippen LogP contribution is -2.56. The Balaban J connectivity index is 1.32. The lowest BCUT2D eigenvalue weighted by molar-refractivity contribution is -0.134. The third-order valence-electron chi connectivity index (χ3n) is 8.90. The number of carbonyl (C=O) groups excluding carboxylic acids is 2. The van der Waals surface area contributed by atoms with Crippen molar-refractivity contribution in [2.75, 3.05) is 11.9 Å². The molecule has 12 heteroatoms. The summed E-state index contributed by atoms with van der Waals surface area (Å²) in [6.07, 6.45) is 1.25. The van der Waals surface area contributed by atoms with Crippen LogP contribution in [0.3, 0.4) is 0 Å². The fourth-order valence-electron chi connectivity index (χ4n) is 6.57. The number of aliphatic hydroxyl groups is 2. The van der Waals surface area contributed by atoms with Crippen molar-refractivity contribution < 1.29 is 37.0 Å². The molecule has 216 valence electrons. The first-order chi connectivity index (χ1) is 18.8. The Labute approximate surface area is 236 Å². The zero-order valence-electron chi connectivity index (χ0n) is 21.7. The summed E-state index contributed by atoms with van der Waals surface area (Å²) in [5, 5.41) is 25.4. The molecular weight excluding hydrogens is 566 g/mol. The van der Waals surface area contributed by atoms with Crippen LogP contribution in [0.4, 0.5) is 14.5 Å². The Morgan fingerprint density at radius 3 is 2.42 bits per heavy atom. The van der Waals surface area contributed by atoms with Crippen molar-refractivity contribution >= 4 is 38.9 Å². The summed E-state index contributed by atoms with van der Waals surface area (Å²) in [5.74, 6) is -4.14. The average molecular weight is 597 g/mol. The number of aliphatic hydroxyl groups excluding tert-OH is 1. The normalized spacial score (nSPS) is 31.4. The molecule has 0 aromatic heterocycles. The Kier molecular flexibility index (Phi) is 7.71. The van der Waals surface area contributed by atoms with Crippen LogP contribution < -0.4 is 10.6 Å². The number of halogens is 3. The van der Waals surface area contributed by atoms with Crippen molar-refractivity contribution in [2.24, 2.45) is 23.7 Å². The number of nitrogens with one attached hydrogen (secondary N) is 2. The predicted octanol–water partition coefficient (Wildman–Crippen LogP) is 3.70. The van der Waals surface area contributed by atoms with Gasteiger partial charge in [-0.3, -0.25) is 9.59 Å². The van der Waals surface area contributed by atoms with E-state index in [1.165, 1.54) is 24.3 Å². The van der Waals surface area contributed by atoms with Gasteiger partial charge < -0.3 is 20.8 Å². The fraction of sp³-hybridized carbons (Fsp3) is 0.500. The molecule has 2 aromatic carbocycles. The van der Waals surface area contributed by atoms with Gasteiger partial charge >= 0.3 is 0 Å². The molecule has 0 spiro atoms. The van der Waals surface area contributed by atoms with E-state index in [0.29, 0.717) is 19.3 Å². The zero-order chi connectivity index (χ0) is 29.0.